The van der Waals surface area contributed by atoms with Gasteiger partial charge in [0.1, 0.15) is 5.69 Å². The van der Waals surface area contributed by atoms with Gasteiger partial charge in [-0.1, -0.05) is 12.1 Å². The van der Waals surface area contributed by atoms with Crippen LogP contribution in [0.2, 0.25) is 0 Å². The Morgan fingerprint density at radius 1 is 1.29 bits per heavy atom. The number of ketones is 1. The molecule has 0 radical (unpaired) electrons. The zero-order valence-corrected chi connectivity index (χ0v) is 9.27. The van der Waals surface area contributed by atoms with Crippen molar-refractivity contribution in [3.05, 3.63) is 35.0 Å². The van der Waals surface area contributed by atoms with E-state index in [0.29, 0.717) is 10.9 Å². The van der Waals surface area contributed by atoms with Gasteiger partial charge in [-0.2, -0.15) is 13.2 Å². The third-order valence-electron chi connectivity index (χ3n) is 2.59. The first-order chi connectivity index (χ1) is 7.80. The first-order valence-corrected chi connectivity index (χ1v) is 5.01. The Labute approximate surface area is 95.4 Å². The fraction of sp³-hybridized carbons (Fsp3) is 0.250. The predicted octanol–water partition coefficient (Wildman–Crippen LogP) is 3.70. The number of aromatic nitrogens is 1. The standard InChI is InChI=1S/C12H10F3NO/c1-6-3-4-8-9(5-6)16-11(12(13,14)15)10(8)7(2)17/h3-5,16H,1-2H3. The van der Waals surface area contributed by atoms with Gasteiger partial charge in [-0.3, -0.25) is 4.79 Å². The van der Waals surface area contributed by atoms with Gasteiger partial charge in [0.15, 0.2) is 5.78 Å². The molecule has 2 rings (SSSR count). The first kappa shape index (κ1) is 11.7. The highest BCUT2D eigenvalue weighted by Crippen LogP contribution is 2.35. The van der Waals surface area contributed by atoms with Crippen LogP contribution in [0, 0.1) is 6.92 Å². The van der Waals surface area contributed by atoms with Crippen molar-refractivity contribution in [2.75, 3.05) is 0 Å². The number of H-pyrrole nitrogens is 1. The lowest BCUT2D eigenvalue weighted by Gasteiger charge is -2.05. The summed E-state index contributed by atoms with van der Waals surface area (Å²) in [7, 11) is 0. The molecule has 2 nitrogen and oxygen atoms in total. The SMILES string of the molecule is CC(=O)c1c(C(F)(F)F)[nH]c2cc(C)ccc12. The Bertz CT molecular complexity index is 596. The van der Waals surface area contributed by atoms with Crippen molar-refractivity contribution in [2.45, 2.75) is 20.0 Å². The van der Waals surface area contributed by atoms with E-state index in [1.54, 1.807) is 19.1 Å². The van der Waals surface area contributed by atoms with E-state index in [2.05, 4.69) is 4.98 Å². The lowest BCUT2D eigenvalue weighted by atomic mass is 10.1. The molecule has 0 fully saturated rings. The van der Waals surface area contributed by atoms with E-state index >= 15 is 0 Å². The van der Waals surface area contributed by atoms with E-state index in [-0.39, 0.29) is 5.56 Å². The van der Waals surface area contributed by atoms with E-state index in [0.717, 1.165) is 12.5 Å². The van der Waals surface area contributed by atoms with Crippen LogP contribution in [-0.2, 0) is 6.18 Å². The van der Waals surface area contributed by atoms with Crippen LogP contribution in [0.5, 0.6) is 0 Å². The van der Waals surface area contributed by atoms with Gasteiger partial charge in [0.05, 0.1) is 5.56 Å². The zero-order valence-electron chi connectivity index (χ0n) is 9.27. The minimum atomic E-state index is -4.55. The normalized spacial score (nSPS) is 12.1. The summed E-state index contributed by atoms with van der Waals surface area (Å²) in [6.45, 7) is 2.92. The molecule has 0 aliphatic carbocycles. The number of fused-ring (bicyclic) bond motifs is 1. The van der Waals surface area contributed by atoms with Crippen molar-refractivity contribution in [2.24, 2.45) is 0 Å². The van der Waals surface area contributed by atoms with Gasteiger partial charge >= 0.3 is 6.18 Å². The summed E-state index contributed by atoms with van der Waals surface area (Å²) in [5.74, 6) is -0.590. The van der Waals surface area contributed by atoms with Crippen LogP contribution in [0.15, 0.2) is 18.2 Å². The molecule has 0 spiro atoms. The Morgan fingerprint density at radius 3 is 2.47 bits per heavy atom. The summed E-state index contributed by atoms with van der Waals surface area (Å²) in [4.78, 5) is 13.6. The number of carbonyl (C=O) groups excluding carboxylic acids is 1. The Hall–Kier alpha value is -1.78. The largest absolute Gasteiger partial charge is 0.431 e. The predicted molar refractivity (Wildman–Crippen MR) is 58.0 cm³/mol. The lowest BCUT2D eigenvalue weighted by Crippen LogP contribution is -2.10. The Kier molecular flexibility index (Phi) is 2.49. The van der Waals surface area contributed by atoms with Crippen molar-refractivity contribution in [3.8, 4) is 0 Å². The van der Waals surface area contributed by atoms with Gasteiger partial charge in [-0.05, 0) is 25.5 Å². The highest BCUT2D eigenvalue weighted by molar-refractivity contribution is 6.08. The molecule has 0 unspecified atom stereocenters. The molecule has 1 heterocycles. The van der Waals surface area contributed by atoms with Gasteiger partial charge in [0.25, 0.3) is 0 Å². The van der Waals surface area contributed by atoms with E-state index in [4.69, 9.17) is 0 Å². The zero-order chi connectivity index (χ0) is 12.8. The molecule has 5 heteroatoms. The van der Waals surface area contributed by atoms with Crippen molar-refractivity contribution in [1.82, 2.24) is 4.98 Å². The van der Waals surface area contributed by atoms with E-state index in [1.165, 1.54) is 6.07 Å². The van der Waals surface area contributed by atoms with Crippen LogP contribution in [-0.4, -0.2) is 10.8 Å². The fourth-order valence-electron chi connectivity index (χ4n) is 1.89. The van der Waals surface area contributed by atoms with E-state index in [9.17, 15) is 18.0 Å². The number of hydrogen-bond donors (Lipinski definition) is 1. The second-order valence-electron chi connectivity index (χ2n) is 3.98. The molecule has 0 saturated heterocycles. The van der Waals surface area contributed by atoms with Crippen molar-refractivity contribution in [1.29, 1.82) is 0 Å². The number of aromatic amines is 1. The molecule has 0 amide bonds. The monoisotopic (exact) mass is 241 g/mol. The fourth-order valence-corrected chi connectivity index (χ4v) is 1.89. The topological polar surface area (TPSA) is 32.9 Å². The van der Waals surface area contributed by atoms with Gasteiger partial charge in [-0.25, -0.2) is 0 Å². The molecular weight excluding hydrogens is 231 g/mol. The molecule has 1 N–H and O–H groups in total. The number of nitrogens with one attached hydrogen (secondary N) is 1. The lowest BCUT2D eigenvalue weighted by molar-refractivity contribution is -0.140. The van der Waals surface area contributed by atoms with Crippen LogP contribution in [0.1, 0.15) is 28.5 Å². The third-order valence-corrected chi connectivity index (χ3v) is 2.59. The van der Waals surface area contributed by atoms with E-state index < -0.39 is 17.7 Å². The van der Waals surface area contributed by atoms with Crippen molar-refractivity contribution >= 4 is 16.7 Å². The molecule has 0 aliphatic heterocycles. The maximum atomic E-state index is 12.8. The van der Waals surface area contributed by atoms with Crippen LogP contribution in [0.4, 0.5) is 13.2 Å². The maximum absolute atomic E-state index is 12.8. The quantitative estimate of drug-likeness (QED) is 0.758. The number of alkyl halides is 3. The van der Waals surface area contributed by atoms with E-state index in [1.807, 2.05) is 0 Å². The second-order valence-corrected chi connectivity index (χ2v) is 3.98. The molecule has 1 aromatic carbocycles. The average Bonchev–Trinajstić information content (AvgIpc) is 2.55. The Morgan fingerprint density at radius 2 is 1.94 bits per heavy atom. The van der Waals surface area contributed by atoms with Gasteiger partial charge in [-0.15, -0.1) is 0 Å². The van der Waals surface area contributed by atoms with Crippen LogP contribution in [0.25, 0.3) is 10.9 Å². The number of rotatable bonds is 1. The van der Waals surface area contributed by atoms with Gasteiger partial charge < -0.3 is 4.98 Å². The smallest absolute Gasteiger partial charge is 0.350 e. The molecule has 0 atom stereocenters. The number of benzene rings is 1. The third kappa shape index (κ3) is 1.92. The van der Waals surface area contributed by atoms with Crippen molar-refractivity contribution < 1.29 is 18.0 Å². The minimum absolute atomic E-state index is 0.285. The van der Waals surface area contributed by atoms with Gasteiger partial charge in [0.2, 0.25) is 0 Å². The summed E-state index contributed by atoms with van der Waals surface area (Å²) in [6, 6.07) is 4.81. The molecule has 0 aliphatic rings. The summed E-state index contributed by atoms with van der Waals surface area (Å²) in [6.07, 6.45) is -4.55. The number of Topliss-reactive ketones (excluding diaryl/α,β-unsaturated/α-hetero) is 1. The average molecular weight is 241 g/mol. The number of hydrogen-bond acceptors (Lipinski definition) is 1. The first-order valence-electron chi connectivity index (χ1n) is 5.01. The van der Waals surface area contributed by atoms with Crippen LogP contribution in [0.3, 0.4) is 0 Å². The molecular formula is C12H10F3NO. The number of carbonyl (C=O) groups is 1. The molecule has 2 aromatic rings. The summed E-state index contributed by atoms with van der Waals surface area (Å²) >= 11 is 0. The molecule has 90 valence electrons. The van der Waals surface area contributed by atoms with Crippen LogP contribution >= 0.6 is 0 Å². The maximum Gasteiger partial charge on any atom is 0.431 e. The van der Waals surface area contributed by atoms with Crippen molar-refractivity contribution in [3.63, 3.8) is 0 Å². The summed E-state index contributed by atoms with van der Waals surface area (Å²) in [5.41, 5.74) is -0.0804. The Balaban J connectivity index is 2.84. The molecule has 1 aromatic heterocycles. The highest BCUT2D eigenvalue weighted by Gasteiger charge is 2.37. The van der Waals surface area contributed by atoms with Crippen LogP contribution < -0.4 is 0 Å². The second kappa shape index (κ2) is 3.61. The number of halogens is 3. The number of aryl methyl sites for hydroxylation is 1. The molecule has 0 saturated carbocycles. The minimum Gasteiger partial charge on any atom is -0.350 e. The summed E-state index contributed by atoms with van der Waals surface area (Å²) in [5, 5.41) is 0.315. The van der Waals surface area contributed by atoms with Gasteiger partial charge in [0, 0.05) is 10.9 Å². The highest BCUT2D eigenvalue weighted by atomic mass is 19.4. The molecule has 17 heavy (non-hydrogen) atoms. The molecule has 0 bridgehead atoms. The summed E-state index contributed by atoms with van der Waals surface area (Å²) < 4.78 is 38.3.